The van der Waals surface area contributed by atoms with Crippen molar-refractivity contribution in [1.29, 1.82) is 0 Å². The first-order chi connectivity index (χ1) is 13.1. The number of carbonyl (C=O) groups excluding carboxylic acids is 1. The molecule has 2 rings (SSSR count). The number of nitrogens with zero attached hydrogens (tertiary/aromatic N) is 2. The van der Waals surface area contributed by atoms with Crippen molar-refractivity contribution < 1.29 is 4.79 Å². The molecule has 2 atom stereocenters. The maximum Gasteiger partial charge on any atom is 0.223 e. The number of aryl methyl sites for hydroxylation is 2. The van der Waals surface area contributed by atoms with Crippen LogP contribution in [0.3, 0.4) is 0 Å². The van der Waals surface area contributed by atoms with Gasteiger partial charge < -0.3 is 10.6 Å². The van der Waals surface area contributed by atoms with E-state index in [1.807, 2.05) is 19.9 Å². The molecule has 27 heavy (non-hydrogen) atoms. The number of aromatic nitrogens is 2. The Balaban J connectivity index is 1.45. The number of anilines is 1. The summed E-state index contributed by atoms with van der Waals surface area (Å²) in [5.41, 5.74) is 1.97. The van der Waals surface area contributed by atoms with Crippen molar-refractivity contribution in [1.82, 2.24) is 15.3 Å². The quantitative estimate of drug-likeness (QED) is 0.460. The van der Waals surface area contributed by atoms with Gasteiger partial charge >= 0.3 is 0 Å². The highest BCUT2D eigenvalue weighted by Crippen LogP contribution is 2.42. The molecule has 1 aliphatic carbocycles. The van der Waals surface area contributed by atoms with E-state index < -0.39 is 0 Å². The average Bonchev–Trinajstić information content (AvgIpc) is 3.39. The fourth-order valence-corrected chi connectivity index (χ4v) is 3.67. The lowest BCUT2D eigenvalue weighted by Gasteiger charge is -2.07. The third-order valence-electron chi connectivity index (χ3n) is 5.36. The standard InChI is InChI=1S/C22H38N4O/c1-4-5-6-7-8-9-12-19-16-20(19)21(27)23-13-10-11-14-24-22-25-17(2)15-18(3)26-22/h15,19-20H,4-14,16H2,1-3H3,(H,23,27)(H,24,25,26). The van der Waals surface area contributed by atoms with Gasteiger partial charge in [-0.2, -0.15) is 0 Å². The van der Waals surface area contributed by atoms with Gasteiger partial charge in [0.25, 0.3) is 0 Å². The number of amides is 1. The minimum atomic E-state index is 0.275. The van der Waals surface area contributed by atoms with Gasteiger partial charge in [0.2, 0.25) is 11.9 Å². The predicted molar refractivity (Wildman–Crippen MR) is 112 cm³/mol. The minimum absolute atomic E-state index is 0.275. The van der Waals surface area contributed by atoms with E-state index in [9.17, 15) is 4.79 Å². The van der Waals surface area contributed by atoms with Crippen LogP contribution < -0.4 is 10.6 Å². The number of nitrogens with one attached hydrogen (secondary N) is 2. The van der Waals surface area contributed by atoms with Crippen molar-refractivity contribution >= 4 is 11.9 Å². The zero-order valence-electron chi connectivity index (χ0n) is 17.5. The normalized spacial score (nSPS) is 18.3. The van der Waals surface area contributed by atoms with Crippen molar-refractivity contribution in [3.63, 3.8) is 0 Å². The summed E-state index contributed by atoms with van der Waals surface area (Å²) in [6, 6.07) is 1.97. The lowest BCUT2D eigenvalue weighted by atomic mass is 10.1. The fourth-order valence-electron chi connectivity index (χ4n) is 3.67. The number of unbranched alkanes of at least 4 members (excludes halogenated alkanes) is 6. The largest absolute Gasteiger partial charge is 0.356 e. The Labute approximate surface area is 165 Å². The molecule has 1 fully saturated rings. The highest BCUT2D eigenvalue weighted by molar-refractivity contribution is 5.81. The molecule has 0 aliphatic heterocycles. The summed E-state index contributed by atoms with van der Waals surface area (Å²) in [4.78, 5) is 20.9. The summed E-state index contributed by atoms with van der Waals surface area (Å²) in [7, 11) is 0. The van der Waals surface area contributed by atoms with Gasteiger partial charge in [-0.1, -0.05) is 45.4 Å². The van der Waals surface area contributed by atoms with E-state index in [0.29, 0.717) is 17.8 Å². The first-order valence-corrected chi connectivity index (χ1v) is 10.9. The number of hydrogen-bond donors (Lipinski definition) is 2. The number of hydrogen-bond acceptors (Lipinski definition) is 4. The molecule has 1 aliphatic rings. The number of rotatable bonds is 14. The van der Waals surface area contributed by atoms with Crippen LogP contribution in [-0.4, -0.2) is 29.0 Å². The molecule has 1 aromatic rings. The van der Waals surface area contributed by atoms with Crippen molar-refractivity contribution in [2.75, 3.05) is 18.4 Å². The summed E-state index contributed by atoms with van der Waals surface area (Å²) in [6.45, 7) is 7.82. The van der Waals surface area contributed by atoms with Gasteiger partial charge in [0, 0.05) is 30.4 Å². The smallest absolute Gasteiger partial charge is 0.223 e. The second-order valence-corrected chi connectivity index (χ2v) is 8.06. The highest BCUT2D eigenvalue weighted by Gasteiger charge is 2.41. The molecule has 1 heterocycles. The van der Waals surface area contributed by atoms with E-state index in [0.717, 1.165) is 43.7 Å². The van der Waals surface area contributed by atoms with Crippen LogP contribution >= 0.6 is 0 Å². The maximum absolute atomic E-state index is 12.2. The van der Waals surface area contributed by atoms with Crippen LogP contribution in [0.15, 0.2) is 6.07 Å². The van der Waals surface area contributed by atoms with Gasteiger partial charge in [-0.05, 0) is 51.5 Å². The van der Waals surface area contributed by atoms with Gasteiger partial charge in [-0.25, -0.2) is 9.97 Å². The molecule has 152 valence electrons. The molecule has 1 amide bonds. The topological polar surface area (TPSA) is 66.9 Å². The zero-order valence-corrected chi connectivity index (χ0v) is 17.5. The van der Waals surface area contributed by atoms with Crippen LogP contribution in [0.25, 0.3) is 0 Å². The van der Waals surface area contributed by atoms with E-state index in [1.54, 1.807) is 0 Å². The van der Waals surface area contributed by atoms with Gasteiger partial charge in [0.05, 0.1) is 0 Å². The predicted octanol–water partition coefficient (Wildman–Crippen LogP) is 4.79. The number of carbonyl (C=O) groups is 1. The third kappa shape index (κ3) is 8.72. The summed E-state index contributed by atoms with van der Waals surface area (Å²) >= 11 is 0. The molecule has 0 bridgehead atoms. The van der Waals surface area contributed by atoms with E-state index >= 15 is 0 Å². The van der Waals surface area contributed by atoms with E-state index in [-0.39, 0.29) is 5.91 Å². The monoisotopic (exact) mass is 374 g/mol. The van der Waals surface area contributed by atoms with Crippen molar-refractivity contribution in [2.24, 2.45) is 11.8 Å². The Kier molecular flexibility index (Phi) is 9.57. The Morgan fingerprint density at radius 2 is 1.67 bits per heavy atom. The zero-order chi connectivity index (χ0) is 19.5. The third-order valence-corrected chi connectivity index (χ3v) is 5.36. The van der Waals surface area contributed by atoms with Gasteiger partial charge in [0.1, 0.15) is 0 Å². The lowest BCUT2D eigenvalue weighted by molar-refractivity contribution is -0.122. The highest BCUT2D eigenvalue weighted by atomic mass is 16.2. The van der Waals surface area contributed by atoms with Crippen LogP contribution in [0.1, 0.15) is 82.5 Å². The maximum atomic E-state index is 12.2. The second kappa shape index (κ2) is 11.9. The molecule has 1 saturated carbocycles. The van der Waals surface area contributed by atoms with Gasteiger partial charge in [0.15, 0.2) is 0 Å². The summed E-state index contributed by atoms with van der Waals surface area (Å²) in [5, 5.41) is 6.37. The Morgan fingerprint density at radius 3 is 2.41 bits per heavy atom. The molecule has 2 unspecified atom stereocenters. The Morgan fingerprint density at radius 1 is 1.00 bits per heavy atom. The second-order valence-electron chi connectivity index (χ2n) is 8.06. The molecule has 0 saturated heterocycles. The molecule has 0 spiro atoms. The van der Waals surface area contributed by atoms with E-state index in [1.165, 1.54) is 44.9 Å². The van der Waals surface area contributed by atoms with E-state index in [4.69, 9.17) is 0 Å². The molecular weight excluding hydrogens is 336 g/mol. The van der Waals surface area contributed by atoms with Crippen LogP contribution in [0, 0.1) is 25.7 Å². The Bertz CT molecular complexity index is 555. The minimum Gasteiger partial charge on any atom is -0.356 e. The molecule has 5 heteroatoms. The lowest BCUT2D eigenvalue weighted by Crippen LogP contribution is -2.27. The van der Waals surface area contributed by atoms with E-state index in [2.05, 4.69) is 27.5 Å². The molecule has 0 radical (unpaired) electrons. The summed E-state index contributed by atoms with van der Waals surface area (Å²) in [6.07, 6.45) is 12.4. The van der Waals surface area contributed by atoms with Crippen molar-refractivity contribution in [3.05, 3.63) is 17.5 Å². The SMILES string of the molecule is CCCCCCCCC1CC1C(=O)NCCCCNc1nc(C)cc(C)n1. The molecule has 1 aromatic heterocycles. The summed E-state index contributed by atoms with van der Waals surface area (Å²) in [5.74, 6) is 1.92. The average molecular weight is 375 g/mol. The molecular formula is C22H38N4O. The fraction of sp³-hybridized carbons (Fsp3) is 0.773. The molecule has 5 nitrogen and oxygen atoms in total. The molecule has 2 N–H and O–H groups in total. The van der Waals surface area contributed by atoms with Crippen LogP contribution in [0.2, 0.25) is 0 Å². The van der Waals surface area contributed by atoms with Crippen molar-refractivity contribution in [3.8, 4) is 0 Å². The molecule has 0 aromatic carbocycles. The van der Waals surface area contributed by atoms with Crippen LogP contribution in [-0.2, 0) is 4.79 Å². The summed E-state index contributed by atoms with van der Waals surface area (Å²) < 4.78 is 0. The van der Waals surface area contributed by atoms with Crippen LogP contribution in [0.4, 0.5) is 5.95 Å². The van der Waals surface area contributed by atoms with Gasteiger partial charge in [-0.15, -0.1) is 0 Å². The van der Waals surface area contributed by atoms with Crippen LogP contribution in [0.5, 0.6) is 0 Å². The first-order valence-electron chi connectivity index (χ1n) is 10.9. The first kappa shape index (κ1) is 21.6. The Hall–Kier alpha value is -1.65. The van der Waals surface area contributed by atoms with Crippen molar-refractivity contribution in [2.45, 2.75) is 85.0 Å². The van der Waals surface area contributed by atoms with Gasteiger partial charge in [-0.3, -0.25) is 4.79 Å².